The summed E-state index contributed by atoms with van der Waals surface area (Å²) in [4.78, 5) is 25.5. The van der Waals surface area contributed by atoms with Gasteiger partial charge in [-0.25, -0.2) is 10.4 Å². The van der Waals surface area contributed by atoms with E-state index in [1.54, 1.807) is 54.6 Å². The van der Waals surface area contributed by atoms with Gasteiger partial charge in [-0.15, -0.1) is 0 Å². The maximum Gasteiger partial charge on any atom is 0.266 e. The number of aliphatic hydroxyl groups excluding tert-OH is 1. The van der Waals surface area contributed by atoms with Crippen LogP contribution in [-0.4, -0.2) is 42.2 Å². The standard InChI is InChI=1S/C35H34ClN9O4/c36-28-10-5-7-24(21-28)17-18-39-43-34(47)35(22-26-8-1-2-9-27(26)23-40-44-37)32(30-11-3-4-12-31(30)42-45-38)49-33(41-35)25-13-15-29(16-14-25)48-20-6-19-46/h1-5,7-16,21,32,39,46H,6,17-20,22-23H2,(H,43,47)/t32-,35-/m0/s1. The summed E-state index contributed by atoms with van der Waals surface area (Å²) >= 11 is 6.15. The van der Waals surface area contributed by atoms with Crippen molar-refractivity contribution in [1.82, 2.24) is 10.9 Å². The smallest absolute Gasteiger partial charge is 0.266 e. The molecule has 0 radical (unpaired) electrons. The Kier molecular flexibility index (Phi) is 12.1. The zero-order valence-electron chi connectivity index (χ0n) is 26.4. The predicted octanol–water partition coefficient (Wildman–Crippen LogP) is 7.22. The molecule has 3 N–H and O–H groups in total. The number of amides is 1. The van der Waals surface area contributed by atoms with Gasteiger partial charge in [0.1, 0.15) is 5.75 Å². The summed E-state index contributed by atoms with van der Waals surface area (Å²) in [5.41, 5.74) is 26.5. The maximum absolute atomic E-state index is 14.6. The third-order valence-electron chi connectivity index (χ3n) is 7.91. The fraction of sp³-hybridized carbons (Fsp3) is 0.257. The first kappa shape index (κ1) is 34.8. The average molecular weight is 680 g/mol. The Balaban J connectivity index is 1.57. The topological polar surface area (TPSA) is 190 Å². The Hall–Kier alpha value is -5.55. The summed E-state index contributed by atoms with van der Waals surface area (Å²) < 4.78 is 12.3. The van der Waals surface area contributed by atoms with Crippen LogP contribution in [0.2, 0.25) is 5.02 Å². The molecule has 4 aromatic rings. The Morgan fingerprint density at radius 1 is 1.00 bits per heavy atom. The molecule has 1 heterocycles. The molecule has 14 heteroatoms. The first-order valence-electron chi connectivity index (χ1n) is 15.6. The van der Waals surface area contributed by atoms with Crippen molar-refractivity contribution >= 4 is 29.1 Å². The summed E-state index contributed by atoms with van der Waals surface area (Å²) in [6.45, 7) is 0.837. The van der Waals surface area contributed by atoms with Gasteiger partial charge in [-0.1, -0.05) is 82.5 Å². The van der Waals surface area contributed by atoms with E-state index in [4.69, 9.17) is 36.7 Å². The summed E-state index contributed by atoms with van der Waals surface area (Å²) in [7, 11) is 0. The molecule has 49 heavy (non-hydrogen) atoms. The van der Waals surface area contributed by atoms with Crippen LogP contribution >= 0.6 is 11.6 Å². The molecular formula is C35H34ClN9O4. The van der Waals surface area contributed by atoms with E-state index in [-0.39, 0.29) is 31.2 Å². The van der Waals surface area contributed by atoms with Gasteiger partial charge < -0.3 is 14.6 Å². The number of aliphatic hydroxyl groups is 1. The maximum atomic E-state index is 14.6. The van der Waals surface area contributed by atoms with Crippen molar-refractivity contribution in [3.8, 4) is 5.75 Å². The SMILES string of the molecule is [N-]=[N+]=NCc1ccccc1C[C@]1(C(=O)NNCCc2cccc(Cl)c2)N=C(c2ccc(OCCCO)cc2)O[C@H]1c1ccccc1N=[N+]=[N-]. The van der Waals surface area contributed by atoms with Crippen LogP contribution in [0.25, 0.3) is 20.9 Å². The van der Waals surface area contributed by atoms with Crippen LogP contribution in [0.5, 0.6) is 5.75 Å². The molecule has 0 aliphatic carbocycles. The van der Waals surface area contributed by atoms with Crippen LogP contribution in [-0.2, 0) is 28.9 Å². The highest BCUT2D eigenvalue weighted by atomic mass is 35.5. The quantitative estimate of drug-likeness (QED) is 0.0370. The molecule has 4 aromatic carbocycles. The van der Waals surface area contributed by atoms with Crippen LogP contribution in [0.15, 0.2) is 112 Å². The average Bonchev–Trinajstić information content (AvgIpc) is 3.50. The molecule has 0 spiro atoms. The lowest BCUT2D eigenvalue weighted by Crippen LogP contribution is -2.54. The van der Waals surface area contributed by atoms with E-state index in [1.807, 2.05) is 42.5 Å². The number of ether oxygens (including phenoxy) is 2. The van der Waals surface area contributed by atoms with E-state index in [1.165, 1.54) is 0 Å². The zero-order valence-corrected chi connectivity index (χ0v) is 27.2. The second kappa shape index (κ2) is 17.0. The minimum atomic E-state index is -1.62. The summed E-state index contributed by atoms with van der Waals surface area (Å²) in [5.74, 6) is 0.307. The van der Waals surface area contributed by atoms with E-state index in [2.05, 4.69) is 30.9 Å². The predicted molar refractivity (Wildman–Crippen MR) is 186 cm³/mol. The van der Waals surface area contributed by atoms with E-state index in [0.29, 0.717) is 47.9 Å². The lowest BCUT2D eigenvalue weighted by molar-refractivity contribution is -0.130. The Labute approximate surface area is 287 Å². The number of azide groups is 2. The van der Waals surface area contributed by atoms with Crippen molar-refractivity contribution in [2.45, 2.75) is 37.5 Å². The third kappa shape index (κ3) is 8.68. The van der Waals surface area contributed by atoms with Crippen molar-refractivity contribution in [1.29, 1.82) is 0 Å². The van der Waals surface area contributed by atoms with E-state index >= 15 is 0 Å². The van der Waals surface area contributed by atoms with Gasteiger partial charge in [-0.05, 0) is 70.6 Å². The lowest BCUT2D eigenvalue weighted by atomic mass is 9.80. The lowest BCUT2D eigenvalue weighted by Gasteiger charge is -2.32. The van der Waals surface area contributed by atoms with Crippen LogP contribution in [0.1, 0.15) is 40.3 Å². The minimum Gasteiger partial charge on any atom is -0.494 e. The molecule has 0 bridgehead atoms. The van der Waals surface area contributed by atoms with Gasteiger partial charge in [-0.2, -0.15) is 0 Å². The summed E-state index contributed by atoms with van der Waals surface area (Å²) in [5, 5.41) is 17.4. The van der Waals surface area contributed by atoms with Crippen molar-refractivity contribution in [2.24, 2.45) is 15.2 Å². The normalized spacial score (nSPS) is 16.4. The van der Waals surface area contributed by atoms with Crippen LogP contribution in [0, 0.1) is 0 Å². The summed E-state index contributed by atoms with van der Waals surface area (Å²) in [6.07, 6.45) is 0.0962. The molecule has 0 unspecified atom stereocenters. The Morgan fingerprint density at radius 2 is 1.78 bits per heavy atom. The van der Waals surface area contributed by atoms with Crippen molar-refractivity contribution in [2.75, 3.05) is 19.8 Å². The number of benzene rings is 4. The first-order valence-corrected chi connectivity index (χ1v) is 15.9. The monoisotopic (exact) mass is 679 g/mol. The third-order valence-corrected chi connectivity index (χ3v) is 8.15. The van der Waals surface area contributed by atoms with E-state index in [0.717, 1.165) is 16.7 Å². The van der Waals surface area contributed by atoms with Gasteiger partial charge in [-0.3, -0.25) is 10.2 Å². The Morgan fingerprint density at radius 3 is 2.53 bits per heavy atom. The Bertz CT molecular complexity index is 1890. The second-order valence-corrected chi connectivity index (χ2v) is 11.6. The number of hydrogen-bond donors (Lipinski definition) is 3. The fourth-order valence-corrected chi connectivity index (χ4v) is 5.75. The van der Waals surface area contributed by atoms with Gasteiger partial charge >= 0.3 is 0 Å². The molecule has 5 rings (SSSR count). The highest BCUT2D eigenvalue weighted by Gasteiger charge is 2.54. The molecule has 1 aliphatic heterocycles. The molecule has 0 saturated heterocycles. The summed E-state index contributed by atoms with van der Waals surface area (Å²) in [6, 6.07) is 28.8. The minimum absolute atomic E-state index is 0.0209. The highest BCUT2D eigenvalue weighted by Crippen LogP contribution is 2.45. The van der Waals surface area contributed by atoms with Gasteiger partial charge in [0, 0.05) is 57.7 Å². The number of nitrogens with zero attached hydrogens (tertiary/aromatic N) is 7. The first-order chi connectivity index (χ1) is 24.0. The molecule has 13 nitrogen and oxygen atoms in total. The number of halogens is 1. The molecule has 250 valence electrons. The van der Waals surface area contributed by atoms with Crippen molar-refractivity contribution in [3.63, 3.8) is 0 Å². The number of hydrazine groups is 1. The molecule has 2 atom stereocenters. The van der Waals surface area contributed by atoms with Crippen LogP contribution in [0.3, 0.4) is 0 Å². The highest BCUT2D eigenvalue weighted by molar-refractivity contribution is 6.30. The van der Waals surface area contributed by atoms with E-state index in [9.17, 15) is 10.3 Å². The molecule has 0 aromatic heterocycles. The molecule has 0 fully saturated rings. The zero-order chi connectivity index (χ0) is 34.5. The number of hydrogen-bond acceptors (Lipinski definition) is 8. The van der Waals surface area contributed by atoms with Gasteiger partial charge in [0.15, 0.2) is 11.6 Å². The van der Waals surface area contributed by atoms with Crippen LogP contribution < -0.4 is 15.6 Å². The number of carbonyl (C=O) groups is 1. The van der Waals surface area contributed by atoms with Crippen molar-refractivity contribution in [3.05, 3.63) is 151 Å². The van der Waals surface area contributed by atoms with E-state index < -0.39 is 17.6 Å². The largest absolute Gasteiger partial charge is 0.494 e. The van der Waals surface area contributed by atoms with Gasteiger partial charge in [0.2, 0.25) is 5.90 Å². The molecule has 1 amide bonds. The van der Waals surface area contributed by atoms with Gasteiger partial charge in [0.25, 0.3) is 5.91 Å². The van der Waals surface area contributed by atoms with Crippen molar-refractivity contribution < 1.29 is 19.4 Å². The molecule has 0 saturated carbocycles. The molecular weight excluding hydrogens is 646 g/mol. The van der Waals surface area contributed by atoms with Gasteiger partial charge in [0.05, 0.1) is 13.2 Å². The second-order valence-electron chi connectivity index (χ2n) is 11.1. The fourth-order valence-electron chi connectivity index (χ4n) is 5.54. The number of aliphatic imine (C=N–C) groups is 1. The molecule has 1 aliphatic rings. The van der Waals surface area contributed by atoms with Crippen LogP contribution in [0.4, 0.5) is 5.69 Å². The number of carbonyl (C=O) groups excluding carboxylic acids is 1. The number of rotatable bonds is 16. The number of nitrogens with one attached hydrogen (secondary N) is 2.